The van der Waals surface area contributed by atoms with Gasteiger partial charge in [0.1, 0.15) is 12.6 Å². The number of rotatable bonds is 43. The highest BCUT2D eigenvalue weighted by Gasteiger charge is 2.28. The van der Waals surface area contributed by atoms with Gasteiger partial charge in [0.15, 0.2) is 6.10 Å². The maximum Gasteiger partial charge on any atom is 0.472 e. The van der Waals surface area contributed by atoms with Gasteiger partial charge in [0.25, 0.3) is 0 Å². The summed E-state index contributed by atoms with van der Waals surface area (Å²) in [4.78, 5) is 46.8. The van der Waals surface area contributed by atoms with E-state index in [-0.39, 0.29) is 44.6 Å². The third kappa shape index (κ3) is 40.4. The van der Waals surface area contributed by atoms with Crippen LogP contribution in [-0.4, -0.2) is 88.6 Å². The number of hydrogen-bond acceptors (Lipinski definition) is 12. The van der Waals surface area contributed by atoms with Crippen molar-refractivity contribution in [2.45, 2.75) is 179 Å². The number of allylic oxidation sites excluding steroid dienone is 11. The van der Waals surface area contributed by atoms with E-state index in [9.17, 15) is 28.9 Å². The largest absolute Gasteiger partial charge is 0.481 e. The summed E-state index contributed by atoms with van der Waals surface area (Å²) in [5.74, 6) is -2.33. The van der Waals surface area contributed by atoms with E-state index in [1.54, 1.807) is 12.2 Å². The highest BCUT2D eigenvalue weighted by molar-refractivity contribution is 8.00. The van der Waals surface area contributed by atoms with E-state index in [1.165, 1.54) is 69.5 Å². The number of thioether (sulfide) groups is 1. The van der Waals surface area contributed by atoms with Gasteiger partial charge in [-0.3, -0.25) is 23.4 Å². The topological polar surface area (TPSA) is 218 Å². The number of unbranched alkanes of at least 4 members (excludes halogenated alkanes) is 13. The lowest BCUT2D eigenvalue weighted by molar-refractivity contribution is -0.161. The molecular weight excluding hydrogens is 844 g/mol. The molecule has 0 aliphatic heterocycles. The Hall–Kier alpha value is -2.81. The normalized spacial score (nSPS) is 15.3. The minimum Gasteiger partial charge on any atom is -0.481 e. The first-order chi connectivity index (χ1) is 30.4. The minimum atomic E-state index is -4.54. The first-order valence-corrected chi connectivity index (χ1v) is 25.9. The molecule has 0 aliphatic rings. The Kier molecular flexibility index (Phi) is 41.2. The van der Waals surface area contributed by atoms with Gasteiger partial charge >= 0.3 is 25.7 Å². The molecule has 0 aromatic heterocycles. The van der Waals surface area contributed by atoms with E-state index in [0.717, 1.165) is 51.4 Å². The Morgan fingerprint density at radius 2 is 1.27 bits per heavy atom. The molecule has 15 heteroatoms. The second kappa shape index (κ2) is 43.1. The Bertz CT molecular complexity index is 1390. The summed E-state index contributed by atoms with van der Waals surface area (Å²) < 4.78 is 32.9. The van der Waals surface area contributed by atoms with Crippen LogP contribution in [0.15, 0.2) is 72.9 Å². The third-order valence-electron chi connectivity index (χ3n) is 9.56. The number of carboxylic acid groups (broad SMARTS) is 1. The lowest BCUT2D eigenvalue weighted by Crippen LogP contribution is -2.40. The Morgan fingerprint density at radius 1 is 0.698 bits per heavy atom. The molecule has 7 N–H and O–H groups in total. The molecule has 0 saturated heterocycles. The zero-order chi connectivity index (χ0) is 46.7. The van der Waals surface area contributed by atoms with Gasteiger partial charge in [-0.25, -0.2) is 4.57 Å². The van der Waals surface area contributed by atoms with Crippen LogP contribution in [0.25, 0.3) is 0 Å². The van der Waals surface area contributed by atoms with Crippen molar-refractivity contribution in [1.29, 1.82) is 0 Å². The number of aliphatic carboxylic acids is 1. The zero-order valence-electron chi connectivity index (χ0n) is 38.4. The van der Waals surface area contributed by atoms with Gasteiger partial charge in [-0.15, -0.1) is 11.8 Å². The summed E-state index contributed by atoms with van der Waals surface area (Å²) in [5, 5.41) is 19.4. The average Bonchev–Trinajstić information content (AvgIpc) is 3.25. The molecule has 1 unspecified atom stereocenters. The maximum absolute atomic E-state index is 13.1. The third-order valence-corrected chi connectivity index (χ3v) is 12.0. The lowest BCUT2D eigenvalue weighted by Gasteiger charge is -2.23. The Morgan fingerprint density at radius 3 is 1.87 bits per heavy atom. The molecule has 0 bridgehead atoms. The molecule has 0 saturated carbocycles. The van der Waals surface area contributed by atoms with Gasteiger partial charge in [0.05, 0.1) is 19.3 Å². The molecule has 0 heterocycles. The van der Waals surface area contributed by atoms with Crippen molar-refractivity contribution in [3.8, 4) is 0 Å². The maximum atomic E-state index is 13.1. The SMILES string of the molecule is CCCCC/C=C\C\C=C/C=C/C=C/[C@@H](SC[C@H](N)C(=O)O[C@H](COC(=O)CCCCCCCCC/C=C\C/C=C\CCCCC)COP(=O)(O)OCCN)[C@@H](O)CCCC(=O)O. The van der Waals surface area contributed by atoms with Crippen molar-refractivity contribution in [2.75, 3.05) is 32.1 Å². The molecule has 63 heavy (non-hydrogen) atoms. The van der Waals surface area contributed by atoms with Gasteiger partial charge in [0, 0.05) is 30.4 Å². The molecule has 0 radical (unpaired) electrons. The van der Waals surface area contributed by atoms with Crippen molar-refractivity contribution >= 4 is 37.5 Å². The van der Waals surface area contributed by atoms with Crippen molar-refractivity contribution < 1.29 is 52.6 Å². The van der Waals surface area contributed by atoms with E-state index in [4.69, 9.17) is 35.1 Å². The summed E-state index contributed by atoms with van der Waals surface area (Å²) >= 11 is 1.20. The molecule has 0 spiro atoms. The highest BCUT2D eigenvalue weighted by Crippen LogP contribution is 2.43. The second-order valence-corrected chi connectivity index (χ2v) is 18.1. The number of aliphatic hydroxyl groups excluding tert-OH is 1. The van der Waals surface area contributed by atoms with E-state index in [0.29, 0.717) is 6.42 Å². The van der Waals surface area contributed by atoms with Gasteiger partial charge in [-0.1, -0.05) is 145 Å². The fraction of sp³-hybridized carbons (Fsp3) is 0.688. The molecule has 0 aromatic carbocycles. The first-order valence-electron chi connectivity index (χ1n) is 23.4. The number of aliphatic hydroxyl groups is 1. The summed E-state index contributed by atoms with van der Waals surface area (Å²) in [5.41, 5.74) is 11.6. The Labute approximate surface area is 383 Å². The van der Waals surface area contributed by atoms with Crippen LogP contribution in [0.4, 0.5) is 0 Å². The molecule has 13 nitrogen and oxygen atoms in total. The van der Waals surface area contributed by atoms with Gasteiger partial charge in [-0.05, 0) is 70.6 Å². The first kappa shape index (κ1) is 60.2. The molecular formula is C48H83N2O11PS. The van der Waals surface area contributed by atoms with Crippen LogP contribution >= 0.6 is 19.6 Å². The van der Waals surface area contributed by atoms with Gasteiger partial charge in [0.2, 0.25) is 0 Å². The van der Waals surface area contributed by atoms with Crippen molar-refractivity contribution in [3.63, 3.8) is 0 Å². The number of nitrogens with two attached hydrogens (primary N) is 2. The van der Waals surface area contributed by atoms with Crippen LogP contribution in [0.3, 0.4) is 0 Å². The van der Waals surface area contributed by atoms with E-state index >= 15 is 0 Å². The number of carboxylic acids is 1. The van der Waals surface area contributed by atoms with E-state index in [1.807, 2.05) is 24.3 Å². The number of esters is 2. The van der Waals surface area contributed by atoms with E-state index < -0.39 is 62.4 Å². The number of ether oxygens (including phenoxy) is 2. The molecule has 0 aromatic rings. The summed E-state index contributed by atoms with van der Waals surface area (Å²) in [6, 6.07) is -1.19. The number of phosphoric ester groups is 1. The smallest absolute Gasteiger partial charge is 0.472 e. The van der Waals surface area contributed by atoms with Crippen LogP contribution in [-0.2, 0) is 37.5 Å². The Balaban J connectivity index is 5.04. The van der Waals surface area contributed by atoms with Crippen molar-refractivity contribution in [2.24, 2.45) is 11.5 Å². The van der Waals surface area contributed by atoms with Crippen LogP contribution in [0.1, 0.15) is 155 Å². The minimum absolute atomic E-state index is 0.0116. The quantitative estimate of drug-likeness (QED) is 0.0126. The highest BCUT2D eigenvalue weighted by atomic mass is 32.2. The predicted octanol–water partition coefficient (Wildman–Crippen LogP) is 10.4. The molecule has 0 aliphatic carbocycles. The number of carbonyl (C=O) groups excluding carboxylic acids is 2. The van der Waals surface area contributed by atoms with Crippen LogP contribution < -0.4 is 11.5 Å². The summed E-state index contributed by atoms with van der Waals surface area (Å²) in [6.45, 7) is 3.07. The van der Waals surface area contributed by atoms with Crippen molar-refractivity contribution in [3.05, 3.63) is 72.9 Å². The summed E-state index contributed by atoms with van der Waals surface area (Å²) in [6.07, 6.45) is 42.5. The summed E-state index contributed by atoms with van der Waals surface area (Å²) in [7, 11) is -4.54. The standard InChI is InChI=1S/C48H83N2O11PS/c1-3-5-7-9-11-13-15-17-18-19-20-21-23-25-27-29-31-36-47(54)58-39-42(40-60-62(56,57)59-38-37-49)61-48(55)43(50)41-63-45(44(51)33-32-35-46(52)53)34-30-28-26-24-22-16-14-12-10-8-6-4-2/h11-14,17-18,22,24,26,28,30,34,42-45,51H,3-10,15-16,19-21,23,25,27,29,31-33,35-41,49-50H2,1-2H3,(H,52,53)(H,56,57)/b13-11-,14-12-,18-17-,24-22-,28-26+,34-30+/t42-,43+,44+,45-/m1/s1. The fourth-order valence-electron chi connectivity index (χ4n) is 5.91. The monoisotopic (exact) mass is 927 g/mol. The number of hydrogen-bond donors (Lipinski definition) is 5. The molecule has 362 valence electrons. The number of phosphoric acid groups is 1. The van der Waals surface area contributed by atoms with Crippen LogP contribution in [0, 0.1) is 0 Å². The van der Waals surface area contributed by atoms with Crippen LogP contribution in [0.5, 0.6) is 0 Å². The van der Waals surface area contributed by atoms with E-state index in [2.05, 4.69) is 50.3 Å². The fourth-order valence-corrected chi connectivity index (χ4v) is 7.80. The predicted molar refractivity (Wildman–Crippen MR) is 257 cm³/mol. The van der Waals surface area contributed by atoms with Gasteiger partial charge < -0.3 is 36.0 Å². The van der Waals surface area contributed by atoms with Crippen molar-refractivity contribution in [1.82, 2.24) is 0 Å². The zero-order valence-corrected chi connectivity index (χ0v) is 40.2. The molecule has 0 fully saturated rings. The van der Waals surface area contributed by atoms with Gasteiger partial charge in [-0.2, -0.15) is 0 Å². The molecule has 0 amide bonds. The second-order valence-electron chi connectivity index (χ2n) is 15.5. The molecule has 0 rings (SSSR count). The average molecular weight is 927 g/mol. The lowest BCUT2D eigenvalue weighted by atomic mass is 10.1. The number of carbonyl (C=O) groups is 3. The molecule has 5 atom stereocenters. The van der Waals surface area contributed by atoms with Crippen LogP contribution in [0.2, 0.25) is 0 Å².